The van der Waals surface area contributed by atoms with E-state index in [1.165, 1.54) is 29.8 Å². The van der Waals surface area contributed by atoms with Gasteiger partial charge in [-0.25, -0.2) is 0 Å². The fourth-order valence-corrected chi connectivity index (χ4v) is 3.50. The third-order valence-electron chi connectivity index (χ3n) is 4.81. The van der Waals surface area contributed by atoms with Gasteiger partial charge in [0, 0.05) is 42.2 Å². The Kier molecular flexibility index (Phi) is 3.73. The highest BCUT2D eigenvalue weighted by Gasteiger charge is 2.32. The topological polar surface area (TPSA) is 48.3 Å². The van der Waals surface area contributed by atoms with Crippen LogP contribution in [0, 0.1) is 0 Å². The highest BCUT2D eigenvalue weighted by atomic mass is 16.5. The summed E-state index contributed by atoms with van der Waals surface area (Å²) in [6, 6.07) is 6.03. The maximum absolute atomic E-state index is 5.57. The lowest BCUT2D eigenvalue weighted by Crippen LogP contribution is -2.25. The summed E-state index contributed by atoms with van der Waals surface area (Å²) in [5.41, 5.74) is 5.24. The number of para-hydroxylation sites is 1. The molecule has 2 aliphatic rings. The molecular formula is C18H23N3O2. The van der Waals surface area contributed by atoms with Crippen LogP contribution in [0.3, 0.4) is 0 Å². The van der Waals surface area contributed by atoms with Gasteiger partial charge in [-0.2, -0.15) is 5.10 Å². The Morgan fingerprint density at radius 2 is 2.13 bits per heavy atom. The van der Waals surface area contributed by atoms with Gasteiger partial charge in [0.25, 0.3) is 0 Å². The Morgan fingerprint density at radius 3 is 2.87 bits per heavy atom. The van der Waals surface area contributed by atoms with Gasteiger partial charge >= 0.3 is 0 Å². The molecule has 1 saturated carbocycles. The summed E-state index contributed by atoms with van der Waals surface area (Å²) in [4.78, 5) is 0. The molecule has 0 saturated heterocycles. The largest absolute Gasteiger partial charge is 0.493 e. The van der Waals surface area contributed by atoms with Crippen molar-refractivity contribution in [3.63, 3.8) is 0 Å². The molecular weight excluding hydrogens is 290 g/mol. The summed E-state index contributed by atoms with van der Waals surface area (Å²) in [5, 5.41) is 8.44. The van der Waals surface area contributed by atoms with Crippen LogP contribution in [0.4, 0.5) is 0 Å². The Balaban J connectivity index is 1.72. The first-order valence-electron chi connectivity index (χ1n) is 8.31. The molecule has 0 bridgehead atoms. The first kappa shape index (κ1) is 14.6. The maximum atomic E-state index is 5.57. The van der Waals surface area contributed by atoms with E-state index in [0.717, 1.165) is 43.1 Å². The molecule has 0 amide bonds. The molecule has 0 atom stereocenters. The first-order valence-corrected chi connectivity index (χ1v) is 8.31. The molecule has 1 aromatic heterocycles. The number of hydrogen-bond acceptors (Lipinski definition) is 4. The molecule has 5 heteroatoms. The molecule has 1 aliphatic carbocycles. The zero-order valence-electron chi connectivity index (χ0n) is 13.8. The number of aromatic nitrogens is 2. The zero-order chi connectivity index (χ0) is 15.8. The predicted octanol–water partition coefficient (Wildman–Crippen LogP) is 2.47. The van der Waals surface area contributed by atoms with Gasteiger partial charge in [0.1, 0.15) is 0 Å². The second kappa shape index (κ2) is 5.89. The molecule has 1 fully saturated rings. The lowest BCUT2D eigenvalue weighted by molar-refractivity contribution is 0.350. The second-order valence-electron chi connectivity index (χ2n) is 6.32. The number of nitrogens with zero attached hydrogens (tertiary/aromatic N) is 2. The van der Waals surface area contributed by atoms with E-state index in [4.69, 9.17) is 14.6 Å². The molecule has 4 rings (SSSR count). The van der Waals surface area contributed by atoms with Crippen LogP contribution < -0.4 is 14.8 Å². The van der Waals surface area contributed by atoms with E-state index in [0.29, 0.717) is 5.92 Å². The number of nitrogens with one attached hydrogen (secondary N) is 1. The van der Waals surface area contributed by atoms with Crippen molar-refractivity contribution in [2.75, 3.05) is 20.8 Å². The van der Waals surface area contributed by atoms with E-state index in [1.54, 1.807) is 14.2 Å². The molecule has 2 aromatic rings. The van der Waals surface area contributed by atoms with Crippen LogP contribution >= 0.6 is 0 Å². The third-order valence-corrected chi connectivity index (χ3v) is 4.81. The summed E-state index contributed by atoms with van der Waals surface area (Å²) in [5.74, 6) is 2.26. The van der Waals surface area contributed by atoms with Crippen molar-refractivity contribution >= 4 is 0 Å². The highest BCUT2D eigenvalue weighted by molar-refractivity contribution is 5.47. The van der Waals surface area contributed by atoms with Gasteiger partial charge in [-0.1, -0.05) is 12.1 Å². The molecule has 1 aliphatic heterocycles. The van der Waals surface area contributed by atoms with Crippen molar-refractivity contribution in [2.45, 2.75) is 38.3 Å². The maximum Gasteiger partial charge on any atom is 0.165 e. The molecule has 0 unspecified atom stereocenters. The van der Waals surface area contributed by atoms with Gasteiger partial charge < -0.3 is 14.8 Å². The van der Waals surface area contributed by atoms with Crippen LogP contribution in [0.2, 0.25) is 0 Å². The quantitative estimate of drug-likeness (QED) is 0.921. The van der Waals surface area contributed by atoms with Crippen LogP contribution in [-0.4, -0.2) is 30.5 Å². The molecule has 1 aromatic carbocycles. The fourth-order valence-electron chi connectivity index (χ4n) is 3.50. The van der Waals surface area contributed by atoms with Gasteiger partial charge in [0.15, 0.2) is 11.5 Å². The van der Waals surface area contributed by atoms with E-state index >= 15 is 0 Å². The minimum absolute atomic E-state index is 0.678. The van der Waals surface area contributed by atoms with E-state index in [2.05, 4.69) is 16.1 Å². The average molecular weight is 313 g/mol. The van der Waals surface area contributed by atoms with Gasteiger partial charge in [-0.15, -0.1) is 0 Å². The van der Waals surface area contributed by atoms with Crippen LogP contribution in [0.5, 0.6) is 11.5 Å². The summed E-state index contributed by atoms with van der Waals surface area (Å²) >= 11 is 0. The predicted molar refractivity (Wildman–Crippen MR) is 88.3 cm³/mol. The van der Waals surface area contributed by atoms with Crippen LogP contribution in [0.1, 0.15) is 41.3 Å². The van der Waals surface area contributed by atoms with E-state index in [9.17, 15) is 0 Å². The molecule has 122 valence electrons. The minimum Gasteiger partial charge on any atom is -0.493 e. The standard InChI is InChI=1S/C18H23N3O2/c1-22-16-5-3-4-13(18(16)23-2)11-21-15-8-9-19-10-14(15)17(20-21)12-6-7-12/h3-5,12,19H,6-11H2,1-2H3. The number of methoxy groups -OCH3 is 2. The highest BCUT2D eigenvalue weighted by Crippen LogP contribution is 2.42. The minimum atomic E-state index is 0.678. The average Bonchev–Trinajstić information content (AvgIpc) is 3.38. The molecule has 0 radical (unpaired) electrons. The Morgan fingerprint density at radius 1 is 1.26 bits per heavy atom. The number of hydrogen-bond donors (Lipinski definition) is 1. The molecule has 0 spiro atoms. The van der Waals surface area contributed by atoms with Crippen molar-refractivity contribution < 1.29 is 9.47 Å². The normalized spacial score (nSPS) is 17.0. The number of rotatable bonds is 5. The van der Waals surface area contributed by atoms with Crippen molar-refractivity contribution in [3.8, 4) is 11.5 Å². The van der Waals surface area contributed by atoms with Gasteiger partial charge in [0.2, 0.25) is 0 Å². The first-order chi connectivity index (χ1) is 11.3. The van der Waals surface area contributed by atoms with Crippen molar-refractivity contribution in [1.29, 1.82) is 0 Å². The monoisotopic (exact) mass is 313 g/mol. The third kappa shape index (κ3) is 2.59. The zero-order valence-corrected chi connectivity index (χ0v) is 13.8. The van der Waals surface area contributed by atoms with Crippen molar-refractivity contribution in [2.24, 2.45) is 0 Å². The Hall–Kier alpha value is -2.01. The summed E-state index contributed by atoms with van der Waals surface area (Å²) in [6.45, 7) is 2.71. The van der Waals surface area contributed by atoms with E-state index in [-0.39, 0.29) is 0 Å². The lowest BCUT2D eigenvalue weighted by atomic mass is 10.0. The van der Waals surface area contributed by atoms with Crippen LogP contribution in [0.25, 0.3) is 0 Å². The van der Waals surface area contributed by atoms with E-state index in [1.807, 2.05) is 12.1 Å². The van der Waals surface area contributed by atoms with Crippen molar-refractivity contribution in [1.82, 2.24) is 15.1 Å². The Bertz CT molecular complexity index is 719. The molecule has 5 nitrogen and oxygen atoms in total. The summed E-state index contributed by atoms with van der Waals surface area (Å²) in [7, 11) is 3.37. The number of ether oxygens (including phenoxy) is 2. The molecule has 23 heavy (non-hydrogen) atoms. The van der Waals surface area contributed by atoms with Crippen molar-refractivity contribution in [3.05, 3.63) is 40.7 Å². The van der Waals surface area contributed by atoms with Gasteiger partial charge in [-0.3, -0.25) is 4.68 Å². The molecule has 1 N–H and O–H groups in total. The second-order valence-corrected chi connectivity index (χ2v) is 6.32. The Labute approximate surface area is 136 Å². The number of benzene rings is 1. The van der Waals surface area contributed by atoms with Gasteiger partial charge in [0.05, 0.1) is 26.5 Å². The van der Waals surface area contributed by atoms with Crippen LogP contribution in [0.15, 0.2) is 18.2 Å². The SMILES string of the molecule is COc1cccc(Cn2nc(C3CC3)c3c2CCNC3)c1OC. The van der Waals surface area contributed by atoms with E-state index < -0.39 is 0 Å². The lowest BCUT2D eigenvalue weighted by Gasteiger charge is -2.17. The molecule has 2 heterocycles. The fraction of sp³-hybridized carbons (Fsp3) is 0.500. The van der Waals surface area contributed by atoms with Gasteiger partial charge in [-0.05, 0) is 18.9 Å². The summed E-state index contributed by atoms with van der Waals surface area (Å²) in [6.07, 6.45) is 3.61. The smallest absolute Gasteiger partial charge is 0.165 e. The van der Waals surface area contributed by atoms with Crippen LogP contribution in [-0.2, 0) is 19.5 Å². The summed E-state index contributed by atoms with van der Waals surface area (Å²) < 4.78 is 13.2. The number of fused-ring (bicyclic) bond motifs is 1.